The van der Waals surface area contributed by atoms with Crippen molar-refractivity contribution in [1.82, 2.24) is 0 Å². The summed E-state index contributed by atoms with van der Waals surface area (Å²) in [5.74, 6) is -0.307. The molecule has 1 heterocycles. The van der Waals surface area contributed by atoms with E-state index in [-0.39, 0.29) is 17.1 Å². The lowest BCUT2D eigenvalue weighted by Crippen LogP contribution is -2.13. The van der Waals surface area contributed by atoms with Gasteiger partial charge in [-0.25, -0.2) is 4.39 Å². The van der Waals surface area contributed by atoms with E-state index in [2.05, 4.69) is 5.32 Å². The van der Waals surface area contributed by atoms with Crippen LogP contribution in [0, 0.1) is 5.82 Å². The maximum atomic E-state index is 13.7. The average molecular weight is 207 g/mol. The summed E-state index contributed by atoms with van der Waals surface area (Å²) in [6.45, 7) is 5.88. The number of anilines is 1. The molecule has 3 heteroatoms. The van der Waals surface area contributed by atoms with Gasteiger partial charge in [-0.05, 0) is 28.7 Å². The van der Waals surface area contributed by atoms with Crippen LogP contribution in [0.5, 0.6) is 0 Å². The summed E-state index contributed by atoms with van der Waals surface area (Å²) in [4.78, 5) is 11.1. The van der Waals surface area contributed by atoms with Crippen LogP contribution in [0.15, 0.2) is 12.1 Å². The predicted molar refractivity (Wildman–Crippen MR) is 57.4 cm³/mol. The van der Waals surface area contributed by atoms with E-state index in [1.54, 1.807) is 6.07 Å². The van der Waals surface area contributed by atoms with Gasteiger partial charge in [0.1, 0.15) is 5.82 Å². The molecule has 1 N–H and O–H groups in total. The Hall–Kier alpha value is -1.38. The van der Waals surface area contributed by atoms with Crippen molar-refractivity contribution in [2.24, 2.45) is 0 Å². The Morgan fingerprint density at radius 3 is 2.60 bits per heavy atom. The number of amides is 1. The molecule has 1 aromatic carbocycles. The van der Waals surface area contributed by atoms with E-state index in [0.29, 0.717) is 17.7 Å². The first-order valence-electron chi connectivity index (χ1n) is 5.00. The van der Waals surface area contributed by atoms with Crippen LogP contribution < -0.4 is 5.32 Å². The normalized spacial score (nSPS) is 15.1. The molecule has 1 aliphatic rings. The van der Waals surface area contributed by atoms with E-state index >= 15 is 0 Å². The van der Waals surface area contributed by atoms with Crippen molar-refractivity contribution in [2.75, 3.05) is 5.32 Å². The largest absolute Gasteiger partial charge is 0.325 e. The van der Waals surface area contributed by atoms with Gasteiger partial charge in [0.2, 0.25) is 5.91 Å². The third-order valence-electron chi connectivity index (χ3n) is 2.63. The molecule has 80 valence electrons. The highest BCUT2D eigenvalue weighted by Gasteiger charge is 2.24. The van der Waals surface area contributed by atoms with Crippen LogP contribution >= 0.6 is 0 Å². The summed E-state index contributed by atoms with van der Waals surface area (Å²) in [5.41, 5.74) is 1.94. The minimum atomic E-state index is -0.247. The molecular formula is C12H14FNO. The monoisotopic (exact) mass is 207 g/mol. The van der Waals surface area contributed by atoms with Gasteiger partial charge < -0.3 is 5.32 Å². The Labute approximate surface area is 88.5 Å². The first-order chi connectivity index (χ1) is 6.88. The maximum Gasteiger partial charge on any atom is 0.228 e. The van der Waals surface area contributed by atoms with E-state index in [0.717, 1.165) is 5.56 Å². The minimum Gasteiger partial charge on any atom is -0.325 e. The average Bonchev–Trinajstić information content (AvgIpc) is 2.40. The zero-order valence-corrected chi connectivity index (χ0v) is 9.15. The van der Waals surface area contributed by atoms with Crippen molar-refractivity contribution in [2.45, 2.75) is 32.6 Å². The lowest BCUT2D eigenvalue weighted by atomic mass is 9.85. The van der Waals surface area contributed by atoms with Crippen molar-refractivity contribution in [3.63, 3.8) is 0 Å². The lowest BCUT2D eigenvalue weighted by molar-refractivity contribution is -0.115. The summed E-state index contributed by atoms with van der Waals surface area (Å²) in [6, 6.07) is 3.21. The van der Waals surface area contributed by atoms with Crippen LogP contribution in [-0.4, -0.2) is 5.91 Å². The highest BCUT2D eigenvalue weighted by Crippen LogP contribution is 2.32. The molecule has 0 saturated carbocycles. The van der Waals surface area contributed by atoms with E-state index in [1.807, 2.05) is 20.8 Å². The standard InChI is InChI=1S/C12H14FNO/c1-12(2,3)8-4-7-5-11(15)14-10(7)6-9(8)13/h4,6H,5H2,1-3H3,(H,14,15). The van der Waals surface area contributed by atoms with Crippen molar-refractivity contribution in [3.8, 4) is 0 Å². The van der Waals surface area contributed by atoms with Crippen LogP contribution in [0.1, 0.15) is 31.9 Å². The molecule has 0 saturated heterocycles. The molecule has 0 aliphatic carbocycles. The number of hydrogen-bond acceptors (Lipinski definition) is 1. The van der Waals surface area contributed by atoms with Crippen molar-refractivity contribution < 1.29 is 9.18 Å². The molecule has 0 fully saturated rings. The molecule has 0 aromatic heterocycles. The number of benzene rings is 1. The molecule has 0 bridgehead atoms. The minimum absolute atomic E-state index is 0.0598. The Morgan fingerprint density at radius 1 is 1.33 bits per heavy atom. The van der Waals surface area contributed by atoms with Gasteiger partial charge >= 0.3 is 0 Å². The van der Waals surface area contributed by atoms with E-state index in [1.165, 1.54) is 6.07 Å². The second-order valence-corrected chi connectivity index (χ2v) is 4.96. The molecule has 1 aromatic rings. The fourth-order valence-corrected chi connectivity index (χ4v) is 1.82. The summed E-state index contributed by atoms with van der Waals surface area (Å²) < 4.78 is 13.7. The molecule has 1 amide bonds. The highest BCUT2D eigenvalue weighted by atomic mass is 19.1. The smallest absolute Gasteiger partial charge is 0.228 e. The van der Waals surface area contributed by atoms with Gasteiger partial charge in [-0.15, -0.1) is 0 Å². The molecular weight excluding hydrogens is 193 g/mol. The molecule has 2 rings (SSSR count). The first-order valence-corrected chi connectivity index (χ1v) is 5.00. The van der Waals surface area contributed by atoms with Crippen LogP contribution in [0.25, 0.3) is 0 Å². The number of halogens is 1. The van der Waals surface area contributed by atoms with Gasteiger partial charge in [0, 0.05) is 5.69 Å². The summed E-state index contributed by atoms with van der Waals surface area (Å²) in [6.07, 6.45) is 0.360. The lowest BCUT2D eigenvalue weighted by Gasteiger charge is -2.20. The molecule has 1 aliphatic heterocycles. The molecule has 0 radical (unpaired) electrons. The molecule has 0 unspecified atom stereocenters. The van der Waals surface area contributed by atoms with Crippen LogP contribution in [0.3, 0.4) is 0 Å². The maximum absolute atomic E-state index is 13.7. The molecule has 0 atom stereocenters. The quantitative estimate of drug-likeness (QED) is 0.696. The van der Waals surface area contributed by atoms with E-state index < -0.39 is 0 Å². The second-order valence-electron chi connectivity index (χ2n) is 4.96. The Bertz CT molecular complexity index is 432. The summed E-state index contributed by atoms with van der Waals surface area (Å²) in [5, 5.41) is 2.64. The zero-order valence-electron chi connectivity index (χ0n) is 9.15. The molecule has 0 spiro atoms. The predicted octanol–water partition coefficient (Wildman–Crippen LogP) is 2.62. The third-order valence-corrected chi connectivity index (χ3v) is 2.63. The fraction of sp³-hybridized carbons (Fsp3) is 0.417. The molecule has 2 nitrogen and oxygen atoms in total. The van der Waals surface area contributed by atoms with Gasteiger partial charge in [-0.3, -0.25) is 4.79 Å². The van der Waals surface area contributed by atoms with Crippen molar-refractivity contribution in [3.05, 3.63) is 29.1 Å². The highest BCUT2D eigenvalue weighted by molar-refractivity contribution is 5.99. The number of fused-ring (bicyclic) bond motifs is 1. The number of carbonyl (C=O) groups excluding carboxylic acids is 1. The second kappa shape index (κ2) is 3.05. The van der Waals surface area contributed by atoms with Crippen LogP contribution in [0.4, 0.5) is 10.1 Å². The van der Waals surface area contributed by atoms with Gasteiger partial charge in [0.05, 0.1) is 6.42 Å². The summed E-state index contributed by atoms with van der Waals surface area (Å²) in [7, 11) is 0. The number of hydrogen-bond donors (Lipinski definition) is 1. The van der Waals surface area contributed by atoms with E-state index in [9.17, 15) is 9.18 Å². The third kappa shape index (κ3) is 1.74. The van der Waals surface area contributed by atoms with Crippen LogP contribution in [0.2, 0.25) is 0 Å². The first kappa shape index (κ1) is 10.1. The van der Waals surface area contributed by atoms with Crippen LogP contribution in [-0.2, 0) is 16.6 Å². The van der Waals surface area contributed by atoms with Gasteiger partial charge in [0.25, 0.3) is 0 Å². The number of nitrogens with one attached hydrogen (secondary N) is 1. The summed E-state index contributed by atoms with van der Waals surface area (Å²) >= 11 is 0. The number of carbonyl (C=O) groups is 1. The van der Waals surface area contributed by atoms with Gasteiger partial charge in [0.15, 0.2) is 0 Å². The zero-order chi connectivity index (χ0) is 11.2. The van der Waals surface area contributed by atoms with Crippen molar-refractivity contribution >= 4 is 11.6 Å². The van der Waals surface area contributed by atoms with E-state index in [4.69, 9.17) is 0 Å². The Morgan fingerprint density at radius 2 is 2.00 bits per heavy atom. The Kier molecular flexibility index (Phi) is 2.07. The topological polar surface area (TPSA) is 29.1 Å². The van der Waals surface area contributed by atoms with Gasteiger partial charge in [-0.1, -0.05) is 20.8 Å². The van der Waals surface area contributed by atoms with Crippen molar-refractivity contribution in [1.29, 1.82) is 0 Å². The Balaban J connectivity index is 2.54. The van der Waals surface area contributed by atoms with Gasteiger partial charge in [-0.2, -0.15) is 0 Å². The SMILES string of the molecule is CC(C)(C)c1cc2c(cc1F)NC(=O)C2. The fourth-order valence-electron chi connectivity index (χ4n) is 1.82. The molecule has 15 heavy (non-hydrogen) atoms. The number of rotatable bonds is 0.